The fourth-order valence-electron chi connectivity index (χ4n) is 4.35. The molecule has 2 N–H and O–H groups in total. The number of carbonyl (C=O) groups is 2. The van der Waals surface area contributed by atoms with E-state index in [1.807, 2.05) is 13.8 Å². The topological polar surface area (TPSA) is 64.7 Å². The molecule has 2 aliphatic rings. The number of carbonyl (C=O) groups excluding carboxylic acids is 2. The third-order valence-corrected chi connectivity index (χ3v) is 6.00. The minimum absolute atomic E-state index is 0.106. The van der Waals surface area contributed by atoms with Crippen molar-refractivity contribution in [1.29, 1.82) is 0 Å². The van der Waals surface area contributed by atoms with Gasteiger partial charge in [0, 0.05) is 32.4 Å². The van der Waals surface area contributed by atoms with Crippen molar-refractivity contribution in [2.75, 3.05) is 44.7 Å². The molecular formula is C23H36N4O2. The number of fused-ring (bicyclic) bond motifs is 1. The first-order valence-corrected chi connectivity index (χ1v) is 11.1. The highest BCUT2D eigenvalue weighted by Gasteiger charge is 2.25. The maximum absolute atomic E-state index is 12.3. The fraction of sp³-hybridized carbons (Fsp3) is 0.652. The summed E-state index contributed by atoms with van der Waals surface area (Å²) in [6.07, 6.45) is 5.92. The molecule has 2 aliphatic heterocycles. The summed E-state index contributed by atoms with van der Waals surface area (Å²) in [6.45, 7) is 8.18. The van der Waals surface area contributed by atoms with Crippen molar-refractivity contribution >= 4 is 17.5 Å². The van der Waals surface area contributed by atoms with Crippen molar-refractivity contribution in [2.24, 2.45) is 5.92 Å². The summed E-state index contributed by atoms with van der Waals surface area (Å²) in [5.41, 5.74) is 3.94. The van der Waals surface area contributed by atoms with E-state index in [2.05, 4.69) is 45.7 Å². The van der Waals surface area contributed by atoms with Crippen molar-refractivity contribution in [3.8, 4) is 0 Å². The van der Waals surface area contributed by atoms with Crippen molar-refractivity contribution < 1.29 is 9.59 Å². The van der Waals surface area contributed by atoms with Gasteiger partial charge in [0.15, 0.2) is 0 Å². The number of benzene rings is 1. The van der Waals surface area contributed by atoms with Gasteiger partial charge in [0.25, 0.3) is 0 Å². The Morgan fingerprint density at radius 3 is 2.34 bits per heavy atom. The predicted molar refractivity (Wildman–Crippen MR) is 117 cm³/mol. The van der Waals surface area contributed by atoms with Crippen molar-refractivity contribution in [2.45, 2.75) is 52.0 Å². The van der Waals surface area contributed by atoms with Crippen LogP contribution in [0.3, 0.4) is 0 Å². The van der Waals surface area contributed by atoms with E-state index in [1.54, 1.807) is 0 Å². The van der Waals surface area contributed by atoms with E-state index in [-0.39, 0.29) is 6.04 Å². The molecule has 0 aromatic heterocycles. The van der Waals surface area contributed by atoms with Crippen LogP contribution in [0.15, 0.2) is 18.2 Å². The molecule has 1 aromatic rings. The molecule has 0 unspecified atom stereocenters. The summed E-state index contributed by atoms with van der Waals surface area (Å²) < 4.78 is 0. The summed E-state index contributed by atoms with van der Waals surface area (Å²) in [5, 5.41) is 5.59. The number of piperidine rings is 1. The molecule has 0 radical (unpaired) electrons. The molecule has 2 amide bonds. The van der Waals surface area contributed by atoms with Gasteiger partial charge in [-0.15, -0.1) is 0 Å². The Morgan fingerprint density at radius 2 is 1.66 bits per heavy atom. The van der Waals surface area contributed by atoms with Gasteiger partial charge in [0.2, 0.25) is 0 Å². The van der Waals surface area contributed by atoms with E-state index < -0.39 is 11.8 Å². The lowest BCUT2D eigenvalue weighted by Crippen LogP contribution is -2.45. The smallest absolute Gasteiger partial charge is 0.309 e. The van der Waals surface area contributed by atoms with E-state index in [9.17, 15) is 9.59 Å². The SMILES string of the molecule is CC(C)CNC(=O)C(=O)NC[C@@H](c1ccc2c(c1)CCCN2C)N1CCCCC1. The Bertz CT molecular complexity index is 713. The van der Waals surface area contributed by atoms with Gasteiger partial charge < -0.3 is 15.5 Å². The molecule has 0 saturated carbocycles. The highest BCUT2D eigenvalue weighted by Crippen LogP contribution is 2.31. The average molecular weight is 401 g/mol. The molecule has 3 rings (SSSR count). The van der Waals surface area contributed by atoms with Crippen LogP contribution in [0, 0.1) is 5.92 Å². The third-order valence-electron chi connectivity index (χ3n) is 6.00. The lowest BCUT2D eigenvalue weighted by Gasteiger charge is -2.36. The monoisotopic (exact) mass is 400 g/mol. The van der Waals surface area contributed by atoms with Gasteiger partial charge in [0.05, 0.1) is 6.04 Å². The Hall–Kier alpha value is -2.08. The van der Waals surface area contributed by atoms with Crippen molar-refractivity contribution in [1.82, 2.24) is 15.5 Å². The highest BCUT2D eigenvalue weighted by molar-refractivity contribution is 6.35. The molecule has 6 heteroatoms. The number of anilines is 1. The van der Waals surface area contributed by atoms with Crippen LogP contribution in [0.5, 0.6) is 0 Å². The summed E-state index contributed by atoms with van der Waals surface area (Å²) in [7, 11) is 2.15. The van der Waals surface area contributed by atoms with Gasteiger partial charge in [-0.3, -0.25) is 14.5 Å². The lowest BCUT2D eigenvalue weighted by atomic mass is 9.95. The Labute approximate surface area is 175 Å². The van der Waals surface area contributed by atoms with Gasteiger partial charge in [-0.2, -0.15) is 0 Å². The van der Waals surface area contributed by atoms with Gasteiger partial charge >= 0.3 is 11.8 Å². The first-order valence-electron chi connectivity index (χ1n) is 11.1. The summed E-state index contributed by atoms with van der Waals surface area (Å²) in [6, 6.07) is 6.84. The van der Waals surface area contributed by atoms with E-state index in [4.69, 9.17) is 0 Å². The average Bonchev–Trinajstić information content (AvgIpc) is 2.73. The number of amides is 2. The third kappa shape index (κ3) is 5.72. The lowest BCUT2D eigenvalue weighted by molar-refractivity contribution is -0.139. The second-order valence-corrected chi connectivity index (χ2v) is 8.84. The summed E-state index contributed by atoms with van der Waals surface area (Å²) >= 11 is 0. The zero-order valence-electron chi connectivity index (χ0n) is 18.2. The van der Waals surface area contributed by atoms with Crippen LogP contribution in [0.2, 0.25) is 0 Å². The van der Waals surface area contributed by atoms with Crippen LogP contribution >= 0.6 is 0 Å². The zero-order valence-corrected chi connectivity index (χ0v) is 18.2. The second kappa shape index (κ2) is 10.1. The molecule has 0 spiro atoms. The molecule has 0 bridgehead atoms. The largest absolute Gasteiger partial charge is 0.374 e. The van der Waals surface area contributed by atoms with E-state index >= 15 is 0 Å². The van der Waals surface area contributed by atoms with Crippen LogP contribution in [-0.4, -0.2) is 56.5 Å². The first-order chi connectivity index (χ1) is 14.0. The normalized spacial score (nSPS) is 18.3. The number of aryl methyl sites for hydroxylation is 1. The van der Waals surface area contributed by atoms with E-state index in [0.29, 0.717) is 19.0 Å². The molecule has 1 saturated heterocycles. The van der Waals surface area contributed by atoms with Crippen LogP contribution < -0.4 is 15.5 Å². The highest BCUT2D eigenvalue weighted by atomic mass is 16.2. The number of nitrogens with one attached hydrogen (secondary N) is 2. The van der Waals surface area contributed by atoms with Gasteiger partial charge in [-0.25, -0.2) is 0 Å². The molecule has 1 atom stereocenters. The van der Waals surface area contributed by atoms with Crippen LogP contribution in [0.25, 0.3) is 0 Å². The summed E-state index contributed by atoms with van der Waals surface area (Å²) in [4.78, 5) is 29.1. The minimum atomic E-state index is -0.539. The number of hydrogen-bond donors (Lipinski definition) is 2. The summed E-state index contributed by atoms with van der Waals surface area (Å²) in [5.74, 6) is -0.755. The van der Waals surface area contributed by atoms with E-state index in [1.165, 1.54) is 42.5 Å². The molecule has 6 nitrogen and oxygen atoms in total. The van der Waals surface area contributed by atoms with Gasteiger partial charge in [0.1, 0.15) is 0 Å². The molecule has 1 aromatic carbocycles. The standard InChI is InChI=1S/C23H36N4O2/c1-17(2)15-24-22(28)23(29)25-16-21(27-12-5-4-6-13-27)19-9-10-20-18(14-19)8-7-11-26(20)3/h9-10,14,17,21H,4-8,11-13,15-16H2,1-3H3,(H,24,28)(H,25,29)/t21-/m0/s1. The molecule has 160 valence electrons. The van der Waals surface area contributed by atoms with Crippen molar-refractivity contribution in [3.05, 3.63) is 29.3 Å². The second-order valence-electron chi connectivity index (χ2n) is 8.84. The Kier molecular flexibility index (Phi) is 7.53. The minimum Gasteiger partial charge on any atom is -0.374 e. The van der Waals surface area contributed by atoms with E-state index in [0.717, 1.165) is 26.1 Å². The maximum atomic E-state index is 12.3. The molecule has 29 heavy (non-hydrogen) atoms. The van der Waals surface area contributed by atoms with Crippen molar-refractivity contribution in [3.63, 3.8) is 0 Å². The Balaban J connectivity index is 1.72. The van der Waals surface area contributed by atoms with Crippen LogP contribution in [0.1, 0.15) is 56.7 Å². The number of hydrogen-bond acceptors (Lipinski definition) is 4. The maximum Gasteiger partial charge on any atom is 0.309 e. The Morgan fingerprint density at radius 1 is 0.966 bits per heavy atom. The molecular weight excluding hydrogens is 364 g/mol. The zero-order chi connectivity index (χ0) is 20.8. The number of nitrogens with zero attached hydrogens (tertiary/aromatic N) is 2. The van der Waals surface area contributed by atoms with Gasteiger partial charge in [-0.1, -0.05) is 32.4 Å². The molecule has 1 fully saturated rings. The first kappa shape index (κ1) is 21.6. The van der Waals surface area contributed by atoms with Crippen LogP contribution in [-0.2, 0) is 16.0 Å². The predicted octanol–water partition coefficient (Wildman–Crippen LogP) is 2.48. The number of likely N-dealkylation sites (tertiary alicyclic amines) is 1. The molecule has 2 heterocycles. The van der Waals surface area contributed by atoms with Crippen LogP contribution in [0.4, 0.5) is 5.69 Å². The fourth-order valence-corrected chi connectivity index (χ4v) is 4.35. The number of rotatable bonds is 6. The van der Waals surface area contributed by atoms with Gasteiger partial charge in [-0.05, 0) is 61.9 Å². The molecule has 0 aliphatic carbocycles. The quantitative estimate of drug-likeness (QED) is 0.720.